The second kappa shape index (κ2) is 5.99. The topological polar surface area (TPSA) is 0 Å². The molecule has 0 bridgehead atoms. The summed E-state index contributed by atoms with van der Waals surface area (Å²) in [4.78, 5) is 0. The molecule has 0 atom stereocenters. The predicted octanol–water partition coefficient (Wildman–Crippen LogP) is 3.47. The number of hydrogen-bond acceptors (Lipinski definition) is 0. The minimum Gasteiger partial charge on any atom is -0.122 e. The first-order valence-corrected chi connectivity index (χ1v) is 3.98. The van der Waals surface area contributed by atoms with Crippen molar-refractivity contribution in [1.82, 2.24) is 0 Å². The highest BCUT2D eigenvalue weighted by Gasteiger charge is 1.85. The fourth-order valence-electron chi connectivity index (χ4n) is 0.500. The van der Waals surface area contributed by atoms with Crippen LogP contribution in [0.2, 0.25) is 0 Å². The quantitative estimate of drug-likeness (QED) is 0.446. The van der Waals surface area contributed by atoms with E-state index in [4.69, 9.17) is 11.6 Å². The highest BCUT2D eigenvalue weighted by atomic mass is 35.5. The van der Waals surface area contributed by atoms with Gasteiger partial charge in [-0.3, -0.25) is 0 Å². The molecule has 0 aliphatic heterocycles. The van der Waals surface area contributed by atoms with E-state index in [-0.39, 0.29) is 0 Å². The Morgan fingerprint density at radius 2 is 2.09 bits per heavy atom. The first-order chi connectivity index (χ1) is 5.24. The Kier molecular flexibility index (Phi) is 5.58. The summed E-state index contributed by atoms with van der Waals surface area (Å²) < 4.78 is 0. The van der Waals surface area contributed by atoms with Crippen LogP contribution in [0.4, 0.5) is 0 Å². The van der Waals surface area contributed by atoms with Crippen LogP contribution in [0.3, 0.4) is 0 Å². The molecule has 0 aromatic rings. The summed E-state index contributed by atoms with van der Waals surface area (Å²) in [7, 11) is 0. The molecule has 0 nitrogen and oxygen atoms in total. The molecule has 0 aromatic carbocycles. The Balaban J connectivity index is 4.10. The molecule has 11 heavy (non-hydrogen) atoms. The van der Waals surface area contributed by atoms with Gasteiger partial charge in [-0.25, -0.2) is 0 Å². The lowest BCUT2D eigenvalue weighted by Gasteiger charge is -1.92. The molecule has 0 N–H and O–H groups in total. The van der Waals surface area contributed by atoms with E-state index in [0.29, 0.717) is 5.88 Å². The zero-order chi connectivity index (χ0) is 8.69. The molecule has 0 saturated heterocycles. The Hall–Kier alpha value is -0.750. The van der Waals surface area contributed by atoms with Crippen molar-refractivity contribution in [2.45, 2.75) is 6.92 Å². The van der Waals surface area contributed by atoms with Crippen molar-refractivity contribution in [3.63, 3.8) is 0 Å². The summed E-state index contributed by atoms with van der Waals surface area (Å²) in [5.74, 6) is 0.539. The number of allylic oxidation sites excluding steroid dienone is 6. The van der Waals surface area contributed by atoms with Crippen molar-refractivity contribution in [2.75, 3.05) is 5.88 Å². The second-order valence-electron chi connectivity index (χ2n) is 2.11. The molecular weight excluding hydrogens is 156 g/mol. The molecular formula is C10H13Cl. The zero-order valence-electron chi connectivity index (χ0n) is 6.81. The van der Waals surface area contributed by atoms with Crippen molar-refractivity contribution in [1.29, 1.82) is 0 Å². The number of hydrogen-bond donors (Lipinski definition) is 0. The Morgan fingerprint density at radius 3 is 2.45 bits per heavy atom. The van der Waals surface area contributed by atoms with Gasteiger partial charge in [0.1, 0.15) is 0 Å². The van der Waals surface area contributed by atoms with Crippen molar-refractivity contribution in [3.8, 4) is 0 Å². The predicted molar refractivity (Wildman–Crippen MR) is 53.0 cm³/mol. The molecule has 0 aromatic heterocycles. The Morgan fingerprint density at radius 1 is 1.45 bits per heavy atom. The van der Waals surface area contributed by atoms with Crippen molar-refractivity contribution < 1.29 is 0 Å². The molecule has 1 heteroatoms. The van der Waals surface area contributed by atoms with E-state index in [0.717, 1.165) is 11.1 Å². The summed E-state index contributed by atoms with van der Waals surface area (Å²) in [6, 6.07) is 0. The van der Waals surface area contributed by atoms with Crippen LogP contribution in [0.25, 0.3) is 0 Å². The van der Waals surface area contributed by atoms with E-state index >= 15 is 0 Å². The highest BCUT2D eigenvalue weighted by molar-refractivity contribution is 6.19. The summed E-state index contributed by atoms with van der Waals surface area (Å²) in [6.07, 6.45) is 7.51. The summed E-state index contributed by atoms with van der Waals surface area (Å²) in [5, 5.41) is 0. The third-order valence-electron chi connectivity index (χ3n) is 1.30. The Labute approximate surface area is 73.6 Å². The lowest BCUT2D eigenvalue weighted by Crippen LogP contribution is -1.77. The second-order valence-corrected chi connectivity index (χ2v) is 2.38. The van der Waals surface area contributed by atoms with Gasteiger partial charge in [-0.15, -0.1) is 11.6 Å². The molecule has 0 amide bonds. The summed E-state index contributed by atoms with van der Waals surface area (Å²) in [6.45, 7) is 9.28. The maximum Gasteiger partial charge on any atom is 0.0470 e. The van der Waals surface area contributed by atoms with Crippen LogP contribution < -0.4 is 0 Å². The lowest BCUT2D eigenvalue weighted by molar-refractivity contribution is 1.48. The highest BCUT2D eigenvalue weighted by Crippen LogP contribution is 2.02. The first-order valence-electron chi connectivity index (χ1n) is 3.45. The van der Waals surface area contributed by atoms with Gasteiger partial charge in [0.25, 0.3) is 0 Å². The van der Waals surface area contributed by atoms with E-state index in [9.17, 15) is 0 Å². The number of alkyl halides is 1. The average Bonchev–Trinajstić information content (AvgIpc) is 2.06. The number of rotatable bonds is 4. The molecule has 0 radical (unpaired) electrons. The average molecular weight is 169 g/mol. The first kappa shape index (κ1) is 10.2. The van der Waals surface area contributed by atoms with Gasteiger partial charge in [0, 0.05) is 5.88 Å². The molecule has 0 fully saturated rings. The molecule has 0 aliphatic rings. The minimum atomic E-state index is 0.539. The normalized spacial score (nSPS) is 12.0. The molecule has 60 valence electrons. The number of halogens is 1. The van der Waals surface area contributed by atoms with Crippen LogP contribution in [0.15, 0.2) is 48.6 Å². The van der Waals surface area contributed by atoms with E-state index in [1.54, 1.807) is 6.08 Å². The molecule has 0 unspecified atom stereocenters. The van der Waals surface area contributed by atoms with Crippen molar-refractivity contribution >= 4 is 11.6 Å². The van der Waals surface area contributed by atoms with E-state index in [2.05, 4.69) is 13.2 Å². The minimum absolute atomic E-state index is 0.539. The third-order valence-corrected chi connectivity index (χ3v) is 1.61. The summed E-state index contributed by atoms with van der Waals surface area (Å²) in [5.41, 5.74) is 1.99. The van der Waals surface area contributed by atoms with Crippen LogP contribution in [0, 0.1) is 0 Å². The maximum atomic E-state index is 5.62. The van der Waals surface area contributed by atoms with Crippen LogP contribution >= 0.6 is 11.6 Å². The molecule has 0 rings (SSSR count). The SMILES string of the molecule is C=CC(=C)/C=C\C(=C/C)CCl. The Bertz CT molecular complexity index is 197. The van der Waals surface area contributed by atoms with Crippen LogP contribution in [-0.2, 0) is 0 Å². The summed E-state index contributed by atoms with van der Waals surface area (Å²) >= 11 is 5.62. The van der Waals surface area contributed by atoms with Gasteiger partial charge in [-0.1, -0.05) is 37.5 Å². The van der Waals surface area contributed by atoms with Gasteiger partial charge in [0.15, 0.2) is 0 Å². The fourth-order valence-corrected chi connectivity index (χ4v) is 0.743. The van der Waals surface area contributed by atoms with Gasteiger partial charge < -0.3 is 0 Å². The van der Waals surface area contributed by atoms with E-state index in [1.807, 2.05) is 25.2 Å². The van der Waals surface area contributed by atoms with Gasteiger partial charge in [0.2, 0.25) is 0 Å². The van der Waals surface area contributed by atoms with E-state index < -0.39 is 0 Å². The third kappa shape index (κ3) is 4.63. The molecule has 0 saturated carbocycles. The van der Waals surface area contributed by atoms with Crippen LogP contribution in [-0.4, -0.2) is 5.88 Å². The molecule has 0 spiro atoms. The monoisotopic (exact) mass is 168 g/mol. The lowest BCUT2D eigenvalue weighted by atomic mass is 10.2. The van der Waals surface area contributed by atoms with Gasteiger partial charge in [-0.2, -0.15) is 0 Å². The van der Waals surface area contributed by atoms with Crippen molar-refractivity contribution in [3.05, 3.63) is 48.6 Å². The molecule has 0 aliphatic carbocycles. The maximum absolute atomic E-state index is 5.62. The van der Waals surface area contributed by atoms with Gasteiger partial charge in [0.05, 0.1) is 0 Å². The molecule has 0 heterocycles. The van der Waals surface area contributed by atoms with E-state index in [1.165, 1.54) is 0 Å². The zero-order valence-corrected chi connectivity index (χ0v) is 7.56. The largest absolute Gasteiger partial charge is 0.122 e. The van der Waals surface area contributed by atoms with Gasteiger partial charge >= 0.3 is 0 Å². The van der Waals surface area contributed by atoms with Crippen LogP contribution in [0.5, 0.6) is 0 Å². The van der Waals surface area contributed by atoms with Gasteiger partial charge in [-0.05, 0) is 18.1 Å². The smallest absolute Gasteiger partial charge is 0.0470 e. The van der Waals surface area contributed by atoms with Crippen LogP contribution in [0.1, 0.15) is 6.92 Å². The fraction of sp³-hybridized carbons (Fsp3) is 0.200. The standard InChI is InChI=1S/C10H13Cl/c1-4-9(3)6-7-10(5-2)8-11/h4-7H,1,3,8H2,2H3/b7-6-,10-5+. The van der Waals surface area contributed by atoms with Crippen molar-refractivity contribution in [2.24, 2.45) is 0 Å².